The Bertz CT molecular complexity index is 609. The van der Waals surface area contributed by atoms with Gasteiger partial charge < -0.3 is 10.1 Å². The first-order chi connectivity index (χ1) is 9.61. The number of anilines is 1. The van der Waals surface area contributed by atoms with Crippen LogP contribution in [0.15, 0.2) is 30.5 Å². The molecule has 0 fully saturated rings. The lowest BCUT2D eigenvalue weighted by Crippen LogP contribution is -2.09. The van der Waals surface area contributed by atoms with E-state index in [9.17, 15) is 10.1 Å². The fraction of sp³-hybridized carbons (Fsp3) is 0.308. The molecule has 20 heavy (non-hydrogen) atoms. The van der Waals surface area contributed by atoms with Gasteiger partial charge >= 0.3 is 0 Å². The minimum Gasteiger partial charge on any atom is -0.497 e. The van der Waals surface area contributed by atoms with E-state index in [2.05, 4.69) is 10.4 Å². The van der Waals surface area contributed by atoms with Crippen molar-refractivity contribution in [1.29, 1.82) is 0 Å². The molecular weight excluding hydrogens is 260 g/mol. The zero-order chi connectivity index (χ0) is 14.5. The van der Waals surface area contributed by atoms with E-state index < -0.39 is 4.92 Å². The molecule has 1 aromatic carbocycles. The molecule has 0 radical (unpaired) electrons. The van der Waals surface area contributed by atoms with Gasteiger partial charge in [-0.15, -0.1) is 0 Å². The smallest absolute Gasteiger partial charge is 0.292 e. The number of aromatic nitrogens is 2. The van der Waals surface area contributed by atoms with E-state index in [1.54, 1.807) is 23.0 Å². The molecule has 0 amide bonds. The summed E-state index contributed by atoms with van der Waals surface area (Å²) in [5, 5.41) is 18.1. The summed E-state index contributed by atoms with van der Waals surface area (Å²) in [7, 11) is 3.39. The second-order valence-corrected chi connectivity index (χ2v) is 4.26. The van der Waals surface area contributed by atoms with Crippen LogP contribution in [-0.4, -0.2) is 28.4 Å². The third kappa shape index (κ3) is 3.05. The van der Waals surface area contributed by atoms with Crippen LogP contribution in [-0.2, 0) is 13.5 Å². The number of nitrogens with one attached hydrogen (secondary N) is 1. The van der Waals surface area contributed by atoms with Crippen molar-refractivity contribution in [1.82, 2.24) is 9.78 Å². The highest BCUT2D eigenvalue weighted by Crippen LogP contribution is 2.28. The van der Waals surface area contributed by atoms with Crippen LogP contribution in [0.2, 0.25) is 0 Å². The maximum absolute atomic E-state index is 11.0. The fourth-order valence-corrected chi connectivity index (χ4v) is 1.91. The van der Waals surface area contributed by atoms with Crippen LogP contribution in [0.5, 0.6) is 5.75 Å². The van der Waals surface area contributed by atoms with Gasteiger partial charge in [-0.2, -0.15) is 5.10 Å². The van der Waals surface area contributed by atoms with E-state index in [0.29, 0.717) is 18.0 Å². The molecule has 2 rings (SSSR count). The second kappa shape index (κ2) is 6.05. The van der Waals surface area contributed by atoms with Crippen molar-refractivity contribution in [3.8, 4) is 5.75 Å². The maximum atomic E-state index is 11.0. The molecular formula is C13H16N4O3. The Morgan fingerprint density at radius 1 is 1.45 bits per heavy atom. The van der Waals surface area contributed by atoms with Gasteiger partial charge in [0.1, 0.15) is 11.4 Å². The molecule has 106 valence electrons. The molecule has 0 aliphatic heterocycles. The normalized spacial score (nSPS) is 10.3. The van der Waals surface area contributed by atoms with E-state index in [4.69, 9.17) is 4.74 Å². The summed E-state index contributed by atoms with van der Waals surface area (Å²) < 4.78 is 6.86. The number of nitro groups is 1. The summed E-state index contributed by atoms with van der Waals surface area (Å²) in [6, 6.07) is 6.55. The van der Waals surface area contributed by atoms with Gasteiger partial charge in [0.05, 0.1) is 12.0 Å². The summed E-state index contributed by atoms with van der Waals surface area (Å²) in [6.45, 7) is 0.577. The van der Waals surface area contributed by atoms with Gasteiger partial charge in [0, 0.05) is 44.0 Å². The van der Waals surface area contributed by atoms with E-state index in [-0.39, 0.29) is 5.69 Å². The molecule has 0 spiro atoms. The molecule has 7 heteroatoms. The van der Waals surface area contributed by atoms with Gasteiger partial charge in [0.15, 0.2) is 0 Å². The molecule has 0 saturated carbocycles. The number of hydrogen-bond donors (Lipinski definition) is 1. The minimum atomic E-state index is -0.411. The molecule has 0 unspecified atom stereocenters. The molecule has 0 aliphatic rings. The van der Waals surface area contributed by atoms with Crippen LogP contribution in [0.4, 0.5) is 11.4 Å². The molecule has 1 heterocycles. The van der Waals surface area contributed by atoms with Crippen molar-refractivity contribution in [2.75, 3.05) is 19.0 Å². The zero-order valence-corrected chi connectivity index (χ0v) is 11.4. The van der Waals surface area contributed by atoms with Gasteiger partial charge in [0.25, 0.3) is 5.69 Å². The lowest BCUT2D eigenvalue weighted by Gasteiger charge is -2.09. The van der Waals surface area contributed by atoms with Crippen molar-refractivity contribution in [2.45, 2.75) is 6.42 Å². The van der Waals surface area contributed by atoms with Crippen molar-refractivity contribution >= 4 is 11.4 Å². The third-order valence-corrected chi connectivity index (χ3v) is 3.02. The number of rotatable bonds is 6. The summed E-state index contributed by atoms with van der Waals surface area (Å²) in [5.74, 6) is 0.582. The van der Waals surface area contributed by atoms with Gasteiger partial charge in [0.2, 0.25) is 0 Å². The summed E-state index contributed by atoms with van der Waals surface area (Å²) >= 11 is 0. The Balaban J connectivity index is 2.07. The molecule has 0 bridgehead atoms. The molecule has 1 N–H and O–H groups in total. The van der Waals surface area contributed by atoms with Crippen LogP contribution in [0.3, 0.4) is 0 Å². The first-order valence-electron chi connectivity index (χ1n) is 6.15. The summed E-state index contributed by atoms with van der Waals surface area (Å²) in [5.41, 5.74) is 1.55. The highest BCUT2D eigenvalue weighted by Gasteiger charge is 2.14. The van der Waals surface area contributed by atoms with Crippen LogP contribution in [0.25, 0.3) is 0 Å². The highest BCUT2D eigenvalue weighted by atomic mass is 16.6. The molecule has 1 aromatic heterocycles. The topological polar surface area (TPSA) is 82.2 Å². The van der Waals surface area contributed by atoms with Crippen LogP contribution in [0.1, 0.15) is 5.69 Å². The minimum absolute atomic E-state index is 0.0378. The number of ether oxygens (including phenoxy) is 1. The predicted molar refractivity (Wildman–Crippen MR) is 75.1 cm³/mol. The van der Waals surface area contributed by atoms with E-state index >= 15 is 0 Å². The number of benzene rings is 1. The van der Waals surface area contributed by atoms with Crippen molar-refractivity contribution < 1.29 is 9.66 Å². The largest absolute Gasteiger partial charge is 0.497 e. The quantitative estimate of drug-likeness (QED) is 0.644. The monoisotopic (exact) mass is 276 g/mol. The van der Waals surface area contributed by atoms with Crippen LogP contribution < -0.4 is 10.1 Å². The third-order valence-electron chi connectivity index (χ3n) is 3.02. The predicted octanol–water partition coefficient (Wildman–Crippen LogP) is 1.99. The Morgan fingerprint density at radius 3 is 2.85 bits per heavy atom. The van der Waals surface area contributed by atoms with Gasteiger partial charge in [-0.3, -0.25) is 14.8 Å². The van der Waals surface area contributed by atoms with Gasteiger partial charge in [-0.1, -0.05) is 0 Å². The second-order valence-electron chi connectivity index (χ2n) is 4.26. The zero-order valence-electron chi connectivity index (χ0n) is 11.4. The summed E-state index contributed by atoms with van der Waals surface area (Å²) in [4.78, 5) is 10.6. The molecule has 2 aromatic rings. The average molecular weight is 276 g/mol. The number of nitrogens with zero attached hydrogens (tertiary/aromatic N) is 3. The number of methoxy groups -OCH3 is 1. The van der Waals surface area contributed by atoms with E-state index in [1.807, 2.05) is 13.1 Å². The van der Waals surface area contributed by atoms with Crippen molar-refractivity contribution in [2.24, 2.45) is 7.05 Å². The lowest BCUT2D eigenvalue weighted by molar-refractivity contribution is -0.384. The molecule has 7 nitrogen and oxygen atoms in total. The van der Waals surface area contributed by atoms with Crippen LogP contribution >= 0.6 is 0 Å². The highest BCUT2D eigenvalue weighted by molar-refractivity contribution is 5.64. The Labute approximate surface area is 116 Å². The Kier molecular flexibility index (Phi) is 4.19. The fourth-order valence-electron chi connectivity index (χ4n) is 1.91. The van der Waals surface area contributed by atoms with E-state index in [1.165, 1.54) is 13.2 Å². The standard InChI is InChI=1S/C13H16N4O3/c1-16-10(6-8-15-16)5-7-14-12-9-11(20-2)3-4-13(12)17(18)19/h3-4,6,8-9,14H,5,7H2,1-2H3. The molecule has 0 saturated heterocycles. The number of nitro benzene ring substituents is 1. The van der Waals surface area contributed by atoms with Crippen molar-refractivity contribution in [3.05, 3.63) is 46.3 Å². The average Bonchev–Trinajstić information content (AvgIpc) is 2.84. The van der Waals surface area contributed by atoms with Gasteiger partial charge in [-0.25, -0.2) is 0 Å². The first kappa shape index (κ1) is 13.9. The Morgan fingerprint density at radius 2 is 2.25 bits per heavy atom. The lowest BCUT2D eigenvalue weighted by atomic mass is 10.2. The summed E-state index contributed by atoms with van der Waals surface area (Å²) in [6.07, 6.45) is 2.45. The number of aryl methyl sites for hydroxylation is 1. The first-order valence-corrected chi connectivity index (χ1v) is 6.15. The Hall–Kier alpha value is -2.57. The number of hydrogen-bond acceptors (Lipinski definition) is 5. The molecule has 0 aliphatic carbocycles. The van der Waals surface area contributed by atoms with Crippen LogP contribution in [0, 0.1) is 10.1 Å². The SMILES string of the molecule is COc1ccc([N+](=O)[O-])c(NCCc2ccnn2C)c1. The maximum Gasteiger partial charge on any atom is 0.292 e. The van der Waals surface area contributed by atoms with E-state index in [0.717, 1.165) is 12.1 Å². The van der Waals surface area contributed by atoms with Crippen molar-refractivity contribution in [3.63, 3.8) is 0 Å². The molecule has 0 atom stereocenters. The van der Waals surface area contributed by atoms with Gasteiger partial charge in [-0.05, 0) is 12.1 Å².